The van der Waals surface area contributed by atoms with Crippen molar-refractivity contribution < 1.29 is 9.18 Å². The lowest BCUT2D eigenvalue weighted by Crippen LogP contribution is -2.37. The lowest BCUT2D eigenvalue weighted by Gasteiger charge is -2.31. The Morgan fingerprint density at radius 3 is 2.58 bits per heavy atom. The van der Waals surface area contributed by atoms with Crippen LogP contribution in [0.25, 0.3) is 0 Å². The highest BCUT2D eigenvalue weighted by molar-refractivity contribution is 9.10. The fourth-order valence-electron chi connectivity index (χ4n) is 2.88. The molecule has 0 radical (unpaired) electrons. The standard InChI is InChI=1S/C17H18BrFN4O/c1-20-16-14(18)10-21-17(22-16)23-8-6-12(7-9-23)15(24)11-2-4-13(19)5-3-11/h2-5,10,12H,6-9H2,1H3,(H,20,21,22). The van der Waals surface area contributed by atoms with Gasteiger partial charge in [-0.3, -0.25) is 4.79 Å². The minimum Gasteiger partial charge on any atom is -0.372 e. The number of carbonyl (C=O) groups excluding carboxylic acids is 1. The maximum atomic E-state index is 13.0. The number of hydrogen-bond acceptors (Lipinski definition) is 5. The molecule has 2 heterocycles. The number of ketones is 1. The lowest BCUT2D eigenvalue weighted by atomic mass is 9.89. The molecule has 7 heteroatoms. The quantitative estimate of drug-likeness (QED) is 0.806. The van der Waals surface area contributed by atoms with Crippen molar-refractivity contribution >= 4 is 33.5 Å². The smallest absolute Gasteiger partial charge is 0.227 e. The van der Waals surface area contributed by atoms with Gasteiger partial charge in [0, 0.05) is 37.8 Å². The van der Waals surface area contributed by atoms with Crippen molar-refractivity contribution in [1.29, 1.82) is 0 Å². The second kappa shape index (κ2) is 7.25. The van der Waals surface area contributed by atoms with Crippen molar-refractivity contribution in [3.8, 4) is 0 Å². The summed E-state index contributed by atoms with van der Waals surface area (Å²) in [6.45, 7) is 1.45. The van der Waals surface area contributed by atoms with Crippen molar-refractivity contribution in [2.45, 2.75) is 12.8 Å². The molecule has 1 N–H and O–H groups in total. The molecule has 0 saturated carbocycles. The molecule has 1 aromatic carbocycles. The molecule has 2 aromatic rings. The van der Waals surface area contributed by atoms with E-state index >= 15 is 0 Å². The molecule has 24 heavy (non-hydrogen) atoms. The number of halogens is 2. The van der Waals surface area contributed by atoms with Gasteiger partial charge in [-0.15, -0.1) is 0 Å². The van der Waals surface area contributed by atoms with Crippen LogP contribution in [0.5, 0.6) is 0 Å². The summed E-state index contributed by atoms with van der Waals surface area (Å²) in [6.07, 6.45) is 3.21. The fraction of sp³-hybridized carbons (Fsp3) is 0.353. The van der Waals surface area contributed by atoms with Crippen LogP contribution in [0.15, 0.2) is 34.9 Å². The molecule has 1 aliphatic heterocycles. The molecule has 0 spiro atoms. The third kappa shape index (κ3) is 3.56. The number of piperidine rings is 1. The minimum atomic E-state index is -0.325. The van der Waals surface area contributed by atoms with Gasteiger partial charge in [0.25, 0.3) is 0 Å². The average molecular weight is 393 g/mol. The minimum absolute atomic E-state index is 0.0362. The highest BCUT2D eigenvalue weighted by atomic mass is 79.9. The summed E-state index contributed by atoms with van der Waals surface area (Å²) in [6, 6.07) is 5.77. The highest BCUT2D eigenvalue weighted by Gasteiger charge is 2.27. The van der Waals surface area contributed by atoms with Crippen molar-refractivity contribution in [3.63, 3.8) is 0 Å². The van der Waals surface area contributed by atoms with Gasteiger partial charge in [0.15, 0.2) is 5.78 Å². The molecule has 5 nitrogen and oxygen atoms in total. The van der Waals surface area contributed by atoms with Crippen LogP contribution in [0.3, 0.4) is 0 Å². The molecule has 1 aliphatic rings. The summed E-state index contributed by atoms with van der Waals surface area (Å²) in [5.41, 5.74) is 0.576. The van der Waals surface area contributed by atoms with Crippen LogP contribution in [0, 0.1) is 11.7 Å². The average Bonchev–Trinajstić information content (AvgIpc) is 2.62. The zero-order valence-electron chi connectivity index (χ0n) is 13.3. The number of carbonyl (C=O) groups is 1. The van der Waals surface area contributed by atoms with Gasteiger partial charge in [0.2, 0.25) is 5.95 Å². The Hall–Kier alpha value is -2.02. The molecule has 0 aliphatic carbocycles. The predicted molar refractivity (Wildman–Crippen MR) is 94.9 cm³/mol. The number of nitrogens with one attached hydrogen (secondary N) is 1. The second-order valence-electron chi connectivity index (χ2n) is 5.75. The highest BCUT2D eigenvalue weighted by Crippen LogP contribution is 2.26. The SMILES string of the molecule is CNc1nc(N2CCC(C(=O)c3ccc(F)cc3)CC2)ncc1Br. The molecule has 1 aromatic heterocycles. The van der Waals surface area contributed by atoms with Crippen LogP contribution in [0.1, 0.15) is 23.2 Å². The Labute approximate surface area is 148 Å². The lowest BCUT2D eigenvalue weighted by molar-refractivity contribution is 0.0900. The Bertz CT molecular complexity index is 730. The Morgan fingerprint density at radius 2 is 1.96 bits per heavy atom. The van der Waals surface area contributed by atoms with Gasteiger partial charge in [-0.2, -0.15) is 4.98 Å². The normalized spacial score (nSPS) is 15.4. The summed E-state index contributed by atoms with van der Waals surface area (Å²) in [4.78, 5) is 23.4. The fourth-order valence-corrected chi connectivity index (χ4v) is 3.27. The molecule has 1 saturated heterocycles. The topological polar surface area (TPSA) is 58.1 Å². The zero-order valence-corrected chi connectivity index (χ0v) is 14.9. The van der Waals surface area contributed by atoms with Gasteiger partial charge >= 0.3 is 0 Å². The van der Waals surface area contributed by atoms with Crippen molar-refractivity contribution in [2.75, 3.05) is 30.4 Å². The monoisotopic (exact) mass is 392 g/mol. The Kier molecular flexibility index (Phi) is 5.08. The van der Waals surface area contributed by atoms with Crippen LogP contribution in [0.4, 0.5) is 16.2 Å². The molecule has 0 atom stereocenters. The molecule has 0 bridgehead atoms. The number of aromatic nitrogens is 2. The Morgan fingerprint density at radius 1 is 1.29 bits per heavy atom. The van der Waals surface area contributed by atoms with E-state index in [1.165, 1.54) is 12.1 Å². The van der Waals surface area contributed by atoms with Gasteiger partial charge < -0.3 is 10.2 Å². The van der Waals surface area contributed by atoms with E-state index in [9.17, 15) is 9.18 Å². The Balaban J connectivity index is 1.65. The molecule has 126 valence electrons. The van der Waals surface area contributed by atoms with Crippen LogP contribution < -0.4 is 10.2 Å². The molecule has 0 amide bonds. The number of benzene rings is 1. The molecule has 1 fully saturated rings. The van der Waals surface area contributed by atoms with Gasteiger partial charge in [0.05, 0.1) is 4.47 Å². The van der Waals surface area contributed by atoms with Crippen molar-refractivity contribution in [2.24, 2.45) is 5.92 Å². The van der Waals surface area contributed by atoms with Crippen LogP contribution in [-0.2, 0) is 0 Å². The number of Topliss-reactive ketones (excluding diaryl/α,β-unsaturated/α-hetero) is 1. The number of rotatable bonds is 4. The van der Waals surface area contributed by atoms with Crippen LogP contribution in [0.2, 0.25) is 0 Å². The van der Waals surface area contributed by atoms with Crippen molar-refractivity contribution in [1.82, 2.24) is 9.97 Å². The van der Waals surface area contributed by atoms with Gasteiger partial charge in [-0.1, -0.05) is 0 Å². The van der Waals surface area contributed by atoms with E-state index in [1.54, 1.807) is 18.3 Å². The van der Waals surface area contributed by atoms with E-state index in [2.05, 4.69) is 36.1 Å². The van der Waals surface area contributed by atoms with Crippen molar-refractivity contribution in [3.05, 3.63) is 46.3 Å². The zero-order chi connectivity index (χ0) is 17.1. The third-order valence-electron chi connectivity index (χ3n) is 4.25. The van der Waals surface area contributed by atoms with Gasteiger partial charge in [-0.25, -0.2) is 9.37 Å². The van der Waals surface area contributed by atoms with E-state index in [-0.39, 0.29) is 17.5 Å². The predicted octanol–water partition coefficient (Wildman–Crippen LogP) is 3.52. The summed E-state index contributed by atoms with van der Waals surface area (Å²) < 4.78 is 13.8. The molecule has 3 rings (SSSR count). The second-order valence-corrected chi connectivity index (χ2v) is 6.60. The first-order chi connectivity index (χ1) is 11.6. The maximum absolute atomic E-state index is 13.0. The number of nitrogens with zero attached hydrogens (tertiary/aromatic N) is 3. The van der Waals surface area contributed by atoms with E-state index in [0.29, 0.717) is 11.5 Å². The summed E-state index contributed by atoms with van der Waals surface area (Å²) in [5, 5.41) is 3.02. The van der Waals surface area contributed by atoms with E-state index < -0.39 is 0 Å². The van der Waals surface area contributed by atoms with Gasteiger partial charge in [-0.05, 0) is 53.0 Å². The van der Waals surface area contributed by atoms with Crippen LogP contribution in [-0.4, -0.2) is 35.9 Å². The molecule has 0 unspecified atom stereocenters. The maximum Gasteiger partial charge on any atom is 0.227 e. The summed E-state index contributed by atoms with van der Waals surface area (Å²) in [7, 11) is 1.81. The van der Waals surface area contributed by atoms with Crippen LogP contribution >= 0.6 is 15.9 Å². The van der Waals surface area contributed by atoms with E-state index in [0.717, 1.165) is 36.2 Å². The third-order valence-corrected chi connectivity index (χ3v) is 4.83. The first kappa shape index (κ1) is 16.8. The first-order valence-electron chi connectivity index (χ1n) is 7.83. The molecular weight excluding hydrogens is 375 g/mol. The summed E-state index contributed by atoms with van der Waals surface area (Å²) >= 11 is 3.40. The van der Waals surface area contributed by atoms with Gasteiger partial charge in [0.1, 0.15) is 11.6 Å². The molecular formula is C17H18BrFN4O. The number of anilines is 2. The van der Waals surface area contributed by atoms with E-state index in [1.807, 2.05) is 7.05 Å². The number of hydrogen-bond donors (Lipinski definition) is 1. The largest absolute Gasteiger partial charge is 0.372 e. The first-order valence-corrected chi connectivity index (χ1v) is 8.63. The summed E-state index contributed by atoms with van der Waals surface area (Å²) in [5.74, 6) is 1.13. The van der Waals surface area contributed by atoms with E-state index in [4.69, 9.17) is 0 Å².